The van der Waals surface area contributed by atoms with E-state index in [1.807, 2.05) is 32.1 Å². The maximum Gasteiger partial charge on any atom is 0.321 e. The number of carbonyl (C=O) groups excluding carboxylic acids is 2. The monoisotopic (exact) mass is 447 g/mol. The molecule has 1 aromatic carbocycles. The van der Waals surface area contributed by atoms with E-state index in [1.165, 1.54) is 12.1 Å². The van der Waals surface area contributed by atoms with Gasteiger partial charge in [0.15, 0.2) is 0 Å². The number of hydrogen-bond donors (Lipinski definition) is 3. The molecule has 0 radical (unpaired) electrons. The summed E-state index contributed by atoms with van der Waals surface area (Å²) < 4.78 is 28.8. The number of rotatable bonds is 9. The minimum absolute atomic E-state index is 0.270. The van der Waals surface area contributed by atoms with Gasteiger partial charge in [-0.3, -0.25) is 10.1 Å². The lowest BCUT2D eigenvalue weighted by atomic mass is 9.99. The summed E-state index contributed by atoms with van der Waals surface area (Å²) in [6.45, 7) is 6.21. The summed E-state index contributed by atoms with van der Waals surface area (Å²) in [7, 11) is -1.34. The zero-order valence-corrected chi connectivity index (χ0v) is 18.9. The summed E-state index contributed by atoms with van der Waals surface area (Å²) in [4.78, 5) is 22.7. The number of carbonyl (C=O) groups is 2. The van der Waals surface area contributed by atoms with Gasteiger partial charge in [-0.1, -0.05) is 30.4 Å². The van der Waals surface area contributed by atoms with E-state index >= 15 is 0 Å². The van der Waals surface area contributed by atoms with Crippen molar-refractivity contribution >= 4 is 29.0 Å². The Morgan fingerprint density at radius 1 is 1.29 bits per heavy atom. The van der Waals surface area contributed by atoms with E-state index in [9.17, 15) is 18.2 Å². The molecule has 0 bridgehead atoms. The lowest BCUT2D eigenvalue weighted by molar-refractivity contribution is -0.108. The standard InChI is InChI=1S/C23H30FN3O3S/c1-4-5-19(20-8-10-21(24)11-9-20)7-6-17(2)31(30)26-15-18-12-13-23(3,14-18)27-22(29)25-16-28/h4-11,16,18,26H,12-15H2,1-3H3,(H2,25,27,28,29)/b5-4+,17-6+,19-7+. The van der Waals surface area contributed by atoms with Crippen LogP contribution in [0.3, 0.4) is 0 Å². The second-order valence-corrected chi connectivity index (χ2v) is 9.38. The van der Waals surface area contributed by atoms with Crippen molar-refractivity contribution in [3.8, 4) is 0 Å². The van der Waals surface area contributed by atoms with Gasteiger partial charge in [0.2, 0.25) is 6.41 Å². The minimum Gasteiger partial charge on any atom is -0.333 e. The fourth-order valence-corrected chi connectivity index (χ4v) is 4.47. The molecule has 3 unspecified atom stereocenters. The molecule has 1 aliphatic carbocycles. The smallest absolute Gasteiger partial charge is 0.321 e. The number of halogens is 1. The topological polar surface area (TPSA) is 87.3 Å². The fourth-order valence-electron chi connectivity index (χ4n) is 3.66. The highest BCUT2D eigenvalue weighted by atomic mass is 32.2. The number of amides is 3. The van der Waals surface area contributed by atoms with Crippen molar-refractivity contribution in [1.29, 1.82) is 0 Å². The first-order valence-electron chi connectivity index (χ1n) is 10.2. The van der Waals surface area contributed by atoms with Crippen LogP contribution in [0.5, 0.6) is 0 Å². The molecular formula is C23H30FN3O3S. The largest absolute Gasteiger partial charge is 0.333 e. The normalized spacial score (nSPS) is 23.0. The van der Waals surface area contributed by atoms with Gasteiger partial charge in [-0.15, -0.1) is 0 Å². The molecule has 1 saturated carbocycles. The number of hydrogen-bond acceptors (Lipinski definition) is 3. The Balaban J connectivity index is 1.93. The molecule has 31 heavy (non-hydrogen) atoms. The van der Waals surface area contributed by atoms with Gasteiger partial charge >= 0.3 is 6.03 Å². The predicted octanol–water partition coefficient (Wildman–Crippen LogP) is 3.96. The van der Waals surface area contributed by atoms with Gasteiger partial charge in [0, 0.05) is 17.0 Å². The van der Waals surface area contributed by atoms with Crippen molar-refractivity contribution in [1.82, 2.24) is 15.4 Å². The van der Waals surface area contributed by atoms with Crippen molar-refractivity contribution in [3.05, 3.63) is 64.9 Å². The molecule has 0 aromatic heterocycles. The Bertz CT molecular complexity index is 896. The van der Waals surface area contributed by atoms with Crippen LogP contribution in [0.4, 0.5) is 9.18 Å². The average Bonchev–Trinajstić information content (AvgIpc) is 3.10. The zero-order chi connectivity index (χ0) is 22.9. The van der Waals surface area contributed by atoms with Crippen LogP contribution in [0.2, 0.25) is 0 Å². The van der Waals surface area contributed by atoms with E-state index in [4.69, 9.17) is 0 Å². The molecule has 3 amide bonds. The van der Waals surface area contributed by atoms with Crippen LogP contribution in [-0.2, 0) is 15.8 Å². The summed E-state index contributed by atoms with van der Waals surface area (Å²) in [6.07, 6.45) is 10.3. The molecule has 1 fully saturated rings. The molecule has 8 heteroatoms. The molecule has 3 N–H and O–H groups in total. The molecule has 1 aliphatic rings. The first-order valence-corrected chi connectivity index (χ1v) is 11.4. The summed E-state index contributed by atoms with van der Waals surface area (Å²) in [6, 6.07) is 5.74. The number of imide groups is 1. The number of benzene rings is 1. The molecule has 0 heterocycles. The molecule has 3 atom stereocenters. The minimum atomic E-state index is -1.34. The molecule has 1 aromatic rings. The fraction of sp³-hybridized carbons (Fsp3) is 0.391. The Labute approximate surface area is 185 Å². The van der Waals surface area contributed by atoms with Crippen molar-refractivity contribution < 1.29 is 18.2 Å². The van der Waals surface area contributed by atoms with Gasteiger partial charge in [0.1, 0.15) is 16.8 Å². The van der Waals surface area contributed by atoms with Crippen LogP contribution in [-0.4, -0.2) is 28.7 Å². The van der Waals surface area contributed by atoms with Gasteiger partial charge in [0.25, 0.3) is 0 Å². The maximum absolute atomic E-state index is 13.2. The average molecular weight is 448 g/mol. The van der Waals surface area contributed by atoms with Crippen molar-refractivity contribution in [2.24, 2.45) is 5.92 Å². The third-order valence-corrected chi connectivity index (χ3v) is 6.42. The predicted molar refractivity (Wildman–Crippen MR) is 123 cm³/mol. The highest BCUT2D eigenvalue weighted by Crippen LogP contribution is 2.34. The molecule has 0 spiro atoms. The van der Waals surface area contributed by atoms with Crippen molar-refractivity contribution in [2.45, 2.75) is 45.6 Å². The molecule has 2 rings (SSSR count). The SMILES string of the molecule is C/C=C/C(=C\C=C(/C)S(=O)NCC1CCC(C)(NC(=O)NC=O)C1)c1ccc(F)cc1. The second kappa shape index (κ2) is 11.7. The van der Waals surface area contributed by atoms with Gasteiger partial charge in [-0.2, -0.15) is 0 Å². The number of urea groups is 1. The summed E-state index contributed by atoms with van der Waals surface area (Å²) in [5.41, 5.74) is 1.38. The third kappa shape index (κ3) is 7.88. The number of allylic oxidation sites excluding steroid dienone is 6. The van der Waals surface area contributed by atoms with Crippen LogP contribution >= 0.6 is 0 Å². The summed E-state index contributed by atoms with van der Waals surface area (Å²) in [5, 5.41) is 4.92. The molecule has 0 saturated heterocycles. The van der Waals surface area contributed by atoms with E-state index in [0.29, 0.717) is 17.9 Å². The Kier molecular flexibility index (Phi) is 9.33. The first kappa shape index (κ1) is 24.7. The van der Waals surface area contributed by atoms with Gasteiger partial charge in [0.05, 0.1) is 0 Å². The van der Waals surface area contributed by atoms with Crippen LogP contribution in [0.25, 0.3) is 5.57 Å². The highest BCUT2D eigenvalue weighted by molar-refractivity contribution is 7.87. The van der Waals surface area contributed by atoms with Gasteiger partial charge in [-0.05, 0) is 75.3 Å². The quantitative estimate of drug-likeness (QED) is 0.396. The van der Waals surface area contributed by atoms with Crippen LogP contribution in [0, 0.1) is 11.7 Å². The van der Waals surface area contributed by atoms with Crippen molar-refractivity contribution in [2.75, 3.05) is 6.54 Å². The first-order chi connectivity index (χ1) is 14.8. The maximum atomic E-state index is 13.2. The Hall–Kier alpha value is -2.58. The molecule has 168 valence electrons. The van der Waals surface area contributed by atoms with Gasteiger partial charge in [-0.25, -0.2) is 18.1 Å². The van der Waals surface area contributed by atoms with E-state index < -0.39 is 17.0 Å². The molecule has 0 aliphatic heterocycles. The van der Waals surface area contributed by atoms with E-state index in [0.717, 1.165) is 30.4 Å². The summed E-state index contributed by atoms with van der Waals surface area (Å²) >= 11 is 0. The highest BCUT2D eigenvalue weighted by Gasteiger charge is 2.36. The Morgan fingerprint density at radius 2 is 2.00 bits per heavy atom. The summed E-state index contributed by atoms with van der Waals surface area (Å²) in [5.74, 6) is -0.0187. The van der Waals surface area contributed by atoms with E-state index in [2.05, 4.69) is 15.4 Å². The van der Waals surface area contributed by atoms with Crippen LogP contribution in [0.1, 0.15) is 45.6 Å². The van der Waals surface area contributed by atoms with E-state index in [1.54, 1.807) is 25.1 Å². The lowest BCUT2D eigenvalue weighted by Crippen LogP contribution is -2.48. The van der Waals surface area contributed by atoms with Gasteiger partial charge < -0.3 is 5.32 Å². The lowest BCUT2D eigenvalue weighted by Gasteiger charge is -2.25. The third-order valence-electron chi connectivity index (χ3n) is 5.27. The molecular weight excluding hydrogens is 417 g/mol. The van der Waals surface area contributed by atoms with Crippen LogP contribution in [0.15, 0.2) is 53.5 Å². The van der Waals surface area contributed by atoms with E-state index in [-0.39, 0.29) is 17.3 Å². The second-order valence-electron chi connectivity index (χ2n) is 7.91. The molecule has 6 nitrogen and oxygen atoms in total. The zero-order valence-electron chi connectivity index (χ0n) is 18.1. The van der Waals surface area contributed by atoms with Crippen LogP contribution < -0.4 is 15.4 Å². The Morgan fingerprint density at radius 3 is 2.65 bits per heavy atom. The van der Waals surface area contributed by atoms with Crippen molar-refractivity contribution in [3.63, 3.8) is 0 Å². The number of nitrogens with one attached hydrogen (secondary N) is 3.